The van der Waals surface area contributed by atoms with Crippen molar-refractivity contribution in [2.45, 2.75) is 6.54 Å². The minimum absolute atomic E-state index is 0.821. The number of hydrogen-bond acceptors (Lipinski definition) is 3. The average Bonchev–Trinajstić information content (AvgIpc) is 2.46. The fourth-order valence-corrected chi connectivity index (χ4v) is 2.67. The zero-order valence-electron chi connectivity index (χ0n) is 11.4. The Kier molecular flexibility index (Phi) is 2.82. The van der Waals surface area contributed by atoms with Crippen LogP contribution in [-0.4, -0.2) is 21.3 Å². The Labute approximate surface area is 113 Å². The lowest BCUT2D eigenvalue weighted by molar-refractivity contribution is 0.395. The van der Waals surface area contributed by atoms with E-state index in [0.29, 0.717) is 0 Å². The van der Waals surface area contributed by atoms with E-state index in [1.807, 2.05) is 6.07 Å². The Morgan fingerprint density at radius 3 is 2.58 bits per heavy atom. The molecule has 3 nitrogen and oxygen atoms in total. The van der Waals surface area contributed by atoms with Crippen molar-refractivity contribution in [3.63, 3.8) is 0 Å². The van der Waals surface area contributed by atoms with E-state index in [-0.39, 0.29) is 0 Å². The van der Waals surface area contributed by atoms with Gasteiger partial charge >= 0.3 is 0 Å². The molecular weight excluding hydrogens is 238 g/mol. The van der Waals surface area contributed by atoms with Gasteiger partial charge in [-0.15, -0.1) is 0 Å². The Morgan fingerprint density at radius 1 is 1.05 bits per heavy atom. The summed E-state index contributed by atoms with van der Waals surface area (Å²) < 4.78 is 10.9. The number of nitrogens with zero attached hydrogens (tertiary/aromatic N) is 1. The zero-order chi connectivity index (χ0) is 13.4. The molecule has 1 heterocycles. The maximum Gasteiger partial charge on any atom is 0.132 e. The quantitative estimate of drug-likeness (QED) is 0.821. The molecule has 2 aromatic carbocycles. The lowest BCUT2D eigenvalue weighted by Gasteiger charge is -2.31. The normalized spacial score (nSPS) is 12.7. The second-order valence-electron chi connectivity index (χ2n) is 4.74. The van der Waals surface area contributed by atoms with E-state index < -0.39 is 0 Å². The van der Waals surface area contributed by atoms with Crippen molar-refractivity contribution in [2.24, 2.45) is 0 Å². The molecule has 3 rings (SSSR count). The van der Waals surface area contributed by atoms with E-state index >= 15 is 0 Å². The van der Waals surface area contributed by atoms with Crippen LogP contribution in [0.4, 0.5) is 5.69 Å². The van der Waals surface area contributed by atoms with Crippen molar-refractivity contribution < 1.29 is 9.47 Å². The highest BCUT2D eigenvalue weighted by Gasteiger charge is 2.23. The monoisotopic (exact) mass is 255 g/mol. The summed E-state index contributed by atoms with van der Waals surface area (Å²) in [5.41, 5.74) is 4.86. The van der Waals surface area contributed by atoms with Crippen molar-refractivity contribution in [1.29, 1.82) is 0 Å². The second kappa shape index (κ2) is 4.50. The standard InChI is InChI=1S/C16H17NO2/c1-17-10-11-6-4-5-7-13(11)16-14(17)8-12(18-2)9-15(16)19-3/h4-9H,10H2,1-3H3. The molecule has 98 valence electrons. The number of anilines is 1. The summed E-state index contributed by atoms with van der Waals surface area (Å²) in [6.07, 6.45) is 0. The fraction of sp³-hybridized carbons (Fsp3) is 0.250. The zero-order valence-corrected chi connectivity index (χ0v) is 11.4. The number of methoxy groups -OCH3 is 2. The van der Waals surface area contributed by atoms with Gasteiger partial charge in [0.2, 0.25) is 0 Å². The van der Waals surface area contributed by atoms with Crippen LogP contribution in [0.1, 0.15) is 5.56 Å². The van der Waals surface area contributed by atoms with Gasteiger partial charge in [0.25, 0.3) is 0 Å². The third kappa shape index (κ3) is 1.82. The Morgan fingerprint density at radius 2 is 1.84 bits per heavy atom. The molecule has 3 heteroatoms. The molecule has 0 saturated carbocycles. The van der Waals surface area contributed by atoms with E-state index in [4.69, 9.17) is 9.47 Å². The van der Waals surface area contributed by atoms with Crippen molar-refractivity contribution in [3.05, 3.63) is 42.0 Å². The first kappa shape index (κ1) is 11.9. The Hall–Kier alpha value is -2.16. The van der Waals surface area contributed by atoms with Crippen LogP contribution in [0.2, 0.25) is 0 Å². The van der Waals surface area contributed by atoms with Crippen molar-refractivity contribution in [3.8, 4) is 22.6 Å². The molecule has 0 amide bonds. The summed E-state index contributed by atoms with van der Waals surface area (Å²) in [6.45, 7) is 0.902. The molecule has 0 radical (unpaired) electrons. The van der Waals surface area contributed by atoms with Crippen molar-refractivity contribution >= 4 is 5.69 Å². The smallest absolute Gasteiger partial charge is 0.132 e. The van der Waals surface area contributed by atoms with Crippen LogP contribution < -0.4 is 14.4 Å². The molecule has 0 spiro atoms. The predicted molar refractivity (Wildman–Crippen MR) is 77.1 cm³/mol. The van der Waals surface area contributed by atoms with Gasteiger partial charge in [0, 0.05) is 31.3 Å². The minimum atomic E-state index is 0.821. The largest absolute Gasteiger partial charge is 0.497 e. The fourth-order valence-electron chi connectivity index (χ4n) is 2.67. The summed E-state index contributed by atoms with van der Waals surface area (Å²) in [7, 11) is 5.47. The van der Waals surface area contributed by atoms with Crippen LogP contribution in [-0.2, 0) is 6.54 Å². The highest BCUT2D eigenvalue weighted by Crippen LogP contribution is 2.46. The van der Waals surface area contributed by atoms with E-state index in [1.54, 1.807) is 14.2 Å². The highest BCUT2D eigenvalue weighted by atomic mass is 16.5. The van der Waals surface area contributed by atoms with Gasteiger partial charge in [-0.05, 0) is 11.1 Å². The maximum atomic E-state index is 5.55. The molecule has 0 atom stereocenters. The predicted octanol–water partition coefficient (Wildman–Crippen LogP) is 3.32. The lowest BCUT2D eigenvalue weighted by Crippen LogP contribution is -2.21. The molecule has 1 aliphatic rings. The summed E-state index contributed by atoms with van der Waals surface area (Å²) in [5, 5.41) is 0. The molecule has 19 heavy (non-hydrogen) atoms. The van der Waals surface area contributed by atoms with Gasteiger partial charge in [0.1, 0.15) is 11.5 Å². The number of benzene rings is 2. The number of rotatable bonds is 2. The molecule has 0 aliphatic carbocycles. The average molecular weight is 255 g/mol. The van der Waals surface area contributed by atoms with Crippen molar-refractivity contribution in [2.75, 3.05) is 26.2 Å². The van der Waals surface area contributed by atoms with Gasteiger partial charge in [-0.3, -0.25) is 0 Å². The van der Waals surface area contributed by atoms with E-state index in [0.717, 1.165) is 29.3 Å². The number of fused-ring (bicyclic) bond motifs is 3. The topological polar surface area (TPSA) is 21.7 Å². The third-order valence-corrected chi connectivity index (χ3v) is 3.62. The van der Waals surface area contributed by atoms with Gasteiger partial charge in [-0.2, -0.15) is 0 Å². The van der Waals surface area contributed by atoms with Gasteiger partial charge in [0.15, 0.2) is 0 Å². The van der Waals surface area contributed by atoms with Gasteiger partial charge in [-0.25, -0.2) is 0 Å². The molecular formula is C16H17NO2. The van der Waals surface area contributed by atoms with Crippen LogP contribution in [0, 0.1) is 0 Å². The Bertz CT molecular complexity index is 622. The maximum absolute atomic E-state index is 5.55. The molecule has 0 aromatic heterocycles. The summed E-state index contributed by atoms with van der Waals surface area (Å²) in [4.78, 5) is 2.22. The van der Waals surface area contributed by atoms with Crippen LogP contribution in [0.15, 0.2) is 36.4 Å². The lowest BCUT2D eigenvalue weighted by atomic mass is 9.93. The first-order valence-electron chi connectivity index (χ1n) is 6.30. The third-order valence-electron chi connectivity index (χ3n) is 3.62. The summed E-state index contributed by atoms with van der Waals surface area (Å²) in [6, 6.07) is 12.5. The SMILES string of the molecule is COc1cc(OC)c2c(c1)N(C)Cc1ccccc1-2. The van der Waals surface area contributed by atoms with Crippen molar-refractivity contribution in [1.82, 2.24) is 0 Å². The van der Waals surface area contributed by atoms with Crippen LogP contribution >= 0.6 is 0 Å². The minimum Gasteiger partial charge on any atom is -0.497 e. The van der Waals surface area contributed by atoms with E-state index in [2.05, 4.69) is 42.3 Å². The van der Waals surface area contributed by atoms with Gasteiger partial charge in [-0.1, -0.05) is 24.3 Å². The molecule has 0 unspecified atom stereocenters. The first-order valence-corrected chi connectivity index (χ1v) is 6.30. The number of hydrogen-bond donors (Lipinski definition) is 0. The van der Waals surface area contributed by atoms with Crippen LogP contribution in [0.5, 0.6) is 11.5 Å². The van der Waals surface area contributed by atoms with E-state index in [1.165, 1.54) is 11.1 Å². The summed E-state index contributed by atoms with van der Waals surface area (Å²) in [5.74, 6) is 1.68. The molecule has 0 saturated heterocycles. The van der Waals surface area contributed by atoms with Gasteiger partial charge in [0.05, 0.1) is 19.9 Å². The number of ether oxygens (including phenoxy) is 2. The van der Waals surface area contributed by atoms with Gasteiger partial charge < -0.3 is 14.4 Å². The molecule has 1 aliphatic heterocycles. The molecule has 0 N–H and O–H groups in total. The van der Waals surface area contributed by atoms with E-state index in [9.17, 15) is 0 Å². The second-order valence-corrected chi connectivity index (χ2v) is 4.74. The molecule has 0 fully saturated rings. The van der Waals surface area contributed by atoms with Crippen LogP contribution in [0.25, 0.3) is 11.1 Å². The van der Waals surface area contributed by atoms with Crippen LogP contribution in [0.3, 0.4) is 0 Å². The first-order chi connectivity index (χ1) is 9.24. The molecule has 2 aromatic rings. The summed E-state index contributed by atoms with van der Waals surface area (Å²) >= 11 is 0. The highest BCUT2D eigenvalue weighted by molar-refractivity contribution is 5.89. The molecule has 0 bridgehead atoms. The Balaban J connectivity index is 2.30.